The number of rotatable bonds is 6. The highest BCUT2D eigenvalue weighted by molar-refractivity contribution is 9.10. The van der Waals surface area contributed by atoms with Crippen molar-refractivity contribution in [1.82, 2.24) is 5.32 Å². The van der Waals surface area contributed by atoms with Crippen molar-refractivity contribution in [3.63, 3.8) is 0 Å². The summed E-state index contributed by atoms with van der Waals surface area (Å²) < 4.78 is 20.3. The van der Waals surface area contributed by atoms with Gasteiger partial charge in [-0.25, -0.2) is 4.39 Å². The molecule has 1 N–H and O–H groups in total. The minimum absolute atomic E-state index is 0.0134. The normalized spacial score (nSPS) is 18.9. The van der Waals surface area contributed by atoms with Gasteiger partial charge in [0.15, 0.2) is 0 Å². The first-order valence-corrected chi connectivity index (χ1v) is 7.54. The summed E-state index contributed by atoms with van der Waals surface area (Å²) in [5.74, 6) is -0.144. The minimum atomic E-state index is -0.144. The second kappa shape index (κ2) is 6.33. The monoisotopic (exact) mass is 329 g/mol. The zero-order valence-corrected chi connectivity index (χ0v) is 13.1. The molecule has 1 aliphatic carbocycles. The van der Waals surface area contributed by atoms with E-state index in [1.54, 1.807) is 7.11 Å². The second-order valence-corrected chi connectivity index (χ2v) is 6.29. The lowest BCUT2D eigenvalue weighted by Crippen LogP contribution is -2.45. The van der Waals surface area contributed by atoms with Crippen molar-refractivity contribution in [3.05, 3.63) is 34.1 Å². The Labute approximate surface area is 122 Å². The maximum atomic E-state index is 13.9. The zero-order valence-electron chi connectivity index (χ0n) is 11.5. The lowest BCUT2D eigenvalue weighted by molar-refractivity contribution is -0.0830. The van der Waals surface area contributed by atoms with Crippen molar-refractivity contribution < 1.29 is 9.13 Å². The molecular weight excluding hydrogens is 309 g/mol. The van der Waals surface area contributed by atoms with E-state index in [0.717, 1.165) is 29.3 Å². The molecule has 2 rings (SSSR count). The van der Waals surface area contributed by atoms with Gasteiger partial charge in [-0.2, -0.15) is 0 Å². The Balaban J connectivity index is 2.02. The Bertz CT molecular complexity index is 429. The molecule has 0 aliphatic heterocycles. The van der Waals surface area contributed by atoms with E-state index in [1.807, 2.05) is 19.2 Å². The van der Waals surface area contributed by atoms with Crippen molar-refractivity contribution in [2.75, 3.05) is 14.2 Å². The van der Waals surface area contributed by atoms with E-state index in [-0.39, 0.29) is 17.5 Å². The maximum Gasteiger partial charge on any atom is 0.127 e. The van der Waals surface area contributed by atoms with Gasteiger partial charge in [-0.1, -0.05) is 22.0 Å². The summed E-state index contributed by atoms with van der Waals surface area (Å²) in [4.78, 5) is 0. The fourth-order valence-corrected chi connectivity index (χ4v) is 3.07. The SMILES string of the molecule is CNC(Cc1ccc(Br)cc1F)CC1(OC)CCC1. The van der Waals surface area contributed by atoms with E-state index in [2.05, 4.69) is 21.2 Å². The van der Waals surface area contributed by atoms with Gasteiger partial charge in [0.2, 0.25) is 0 Å². The van der Waals surface area contributed by atoms with E-state index < -0.39 is 0 Å². The van der Waals surface area contributed by atoms with Crippen LogP contribution >= 0.6 is 15.9 Å². The van der Waals surface area contributed by atoms with Crippen LogP contribution in [0.2, 0.25) is 0 Å². The van der Waals surface area contributed by atoms with Crippen LogP contribution in [0.5, 0.6) is 0 Å². The van der Waals surface area contributed by atoms with Gasteiger partial charge in [0.25, 0.3) is 0 Å². The number of nitrogens with one attached hydrogen (secondary N) is 1. The Morgan fingerprint density at radius 3 is 2.68 bits per heavy atom. The first kappa shape index (κ1) is 14.9. The number of methoxy groups -OCH3 is 1. The van der Waals surface area contributed by atoms with Crippen LogP contribution in [0.3, 0.4) is 0 Å². The molecule has 1 atom stereocenters. The Morgan fingerprint density at radius 1 is 1.47 bits per heavy atom. The van der Waals surface area contributed by atoms with Gasteiger partial charge >= 0.3 is 0 Å². The third kappa shape index (κ3) is 3.56. The molecule has 0 amide bonds. The van der Waals surface area contributed by atoms with Crippen LogP contribution in [0.4, 0.5) is 4.39 Å². The van der Waals surface area contributed by atoms with Gasteiger partial charge in [-0.05, 0) is 56.8 Å². The van der Waals surface area contributed by atoms with Crippen LogP contribution in [0.25, 0.3) is 0 Å². The summed E-state index contributed by atoms with van der Waals surface area (Å²) in [6, 6.07) is 5.51. The van der Waals surface area contributed by atoms with Gasteiger partial charge in [-0.3, -0.25) is 0 Å². The lowest BCUT2D eigenvalue weighted by Gasteiger charge is -2.42. The molecule has 2 nitrogen and oxygen atoms in total. The molecule has 0 heterocycles. The van der Waals surface area contributed by atoms with Gasteiger partial charge in [-0.15, -0.1) is 0 Å². The third-order valence-electron chi connectivity index (χ3n) is 4.21. The van der Waals surface area contributed by atoms with E-state index in [0.29, 0.717) is 6.42 Å². The molecule has 1 aliphatic rings. The topological polar surface area (TPSA) is 21.3 Å². The fourth-order valence-electron chi connectivity index (χ4n) is 2.74. The molecule has 1 unspecified atom stereocenters. The lowest BCUT2D eigenvalue weighted by atomic mass is 9.75. The molecule has 1 fully saturated rings. The fraction of sp³-hybridized carbons (Fsp3) is 0.600. The zero-order chi connectivity index (χ0) is 13.9. The molecular formula is C15H21BrFNO. The van der Waals surface area contributed by atoms with Crippen LogP contribution in [0, 0.1) is 5.82 Å². The third-order valence-corrected chi connectivity index (χ3v) is 4.70. The highest BCUT2D eigenvalue weighted by atomic mass is 79.9. The first-order valence-electron chi connectivity index (χ1n) is 6.75. The van der Waals surface area contributed by atoms with Crippen molar-refractivity contribution >= 4 is 15.9 Å². The highest BCUT2D eigenvalue weighted by Crippen LogP contribution is 2.39. The molecule has 1 aromatic rings. The summed E-state index contributed by atoms with van der Waals surface area (Å²) in [6.07, 6.45) is 5.10. The molecule has 1 aromatic carbocycles. The maximum absolute atomic E-state index is 13.9. The largest absolute Gasteiger partial charge is 0.378 e. The molecule has 0 saturated heterocycles. The summed E-state index contributed by atoms with van der Waals surface area (Å²) in [5.41, 5.74) is 0.771. The Morgan fingerprint density at radius 2 is 2.21 bits per heavy atom. The van der Waals surface area contributed by atoms with Crippen molar-refractivity contribution in [2.45, 2.75) is 43.7 Å². The predicted octanol–water partition coefficient (Wildman–Crippen LogP) is 3.68. The molecule has 0 aromatic heterocycles. The van der Waals surface area contributed by atoms with Gasteiger partial charge in [0.1, 0.15) is 5.82 Å². The molecule has 1 saturated carbocycles. The standard InChI is InChI=1S/C15H21BrFNO/c1-18-13(10-15(19-2)6-3-7-15)8-11-4-5-12(16)9-14(11)17/h4-5,9,13,18H,3,6-8,10H2,1-2H3. The molecule has 106 valence electrons. The van der Waals surface area contributed by atoms with E-state index in [9.17, 15) is 4.39 Å². The number of likely N-dealkylation sites (N-methyl/N-ethyl adjacent to an activating group) is 1. The van der Waals surface area contributed by atoms with Crippen LogP contribution in [-0.4, -0.2) is 25.8 Å². The summed E-state index contributed by atoms with van der Waals surface area (Å²) >= 11 is 3.28. The Kier molecular flexibility index (Phi) is 4.98. The van der Waals surface area contributed by atoms with Crippen molar-refractivity contribution in [1.29, 1.82) is 0 Å². The van der Waals surface area contributed by atoms with E-state index in [1.165, 1.54) is 12.5 Å². The van der Waals surface area contributed by atoms with Crippen molar-refractivity contribution in [3.8, 4) is 0 Å². The van der Waals surface area contributed by atoms with Gasteiger partial charge in [0.05, 0.1) is 5.60 Å². The number of hydrogen-bond donors (Lipinski definition) is 1. The predicted molar refractivity (Wildman–Crippen MR) is 78.9 cm³/mol. The first-order chi connectivity index (χ1) is 9.08. The molecule has 0 radical (unpaired) electrons. The van der Waals surface area contributed by atoms with Crippen molar-refractivity contribution in [2.24, 2.45) is 0 Å². The smallest absolute Gasteiger partial charge is 0.127 e. The quantitative estimate of drug-likeness (QED) is 0.859. The average Bonchev–Trinajstić information content (AvgIpc) is 2.35. The number of hydrogen-bond acceptors (Lipinski definition) is 2. The Hall–Kier alpha value is -0.450. The number of benzene rings is 1. The minimum Gasteiger partial charge on any atom is -0.378 e. The van der Waals surface area contributed by atoms with Crippen LogP contribution in [-0.2, 0) is 11.2 Å². The van der Waals surface area contributed by atoms with Crippen LogP contribution in [0.1, 0.15) is 31.2 Å². The molecule has 0 spiro atoms. The van der Waals surface area contributed by atoms with E-state index in [4.69, 9.17) is 4.74 Å². The molecule has 4 heteroatoms. The molecule has 19 heavy (non-hydrogen) atoms. The van der Waals surface area contributed by atoms with Gasteiger partial charge in [0, 0.05) is 17.6 Å². The summed E-state index contributed by atoms with van der Waals surface area (Å²) in [6.45, 7) is 0. The van der Waals surface area contributed by atoms with Crippen LogP contribution in [0.15, 0.2) is 22.7 Å². The van der Waals surface area contributed by atoms with Crippen LogP contribution < -0.4 is 5.32 Å². The number of halogens is 2. The molecule has 0 bridgehead atoms. The summed E-state index contributed by atoms with van der Waals surface area (Å²) in [7, 11) is 3.72. The second-order valence-electron chi connectivity index (χ2n) is 5.37. The highest BCUT2D eigenvalue weighted by Gasteiger charge is 2.38. The summed E-state index contributed by atoms with van der Waals surface area (Å²) in [5, 5.41) is 3.29. The average molecular weight is 330 g/mol. The van der Waals surface area contributed by atoms with E-state index >= 15 is 0 Å². The van der Waals surface area contributed by atoms with Gasteiger partial charge < -0.3 is 10.1 Å². The number of ether oxygens (including phenoxy) is 1.